The Morgan fingerprint density at radius 3 is 2.71 bits per heavy atom. The van der Waals surface area contributed by atoms with Gasteiger partial charge in [-0.2, -0.15) is 18.3 Å². The highest BCUT2D eigenvalue weighted by Gasteiger charge is 2.37. The summed E-state index contributed by atoms with van der Waals surface area (Å²) >= 11 is 1.31. The van der Waals surface area contributed by atoms with Gasteiger partial charge in [-0.25, -0.2) is 0 Å². The summed E-state index contributed by atoms with van der Waals surface area (Å²) < 4.78 is 39.4. The summed E-state index contributed by atoms with van der Waals surface area (Å²) in [5, 5.41) is 3.68. The lowest BCUT2D eigenvalue weighted by atomic mass is 10.2. The van der Waals surface area contributed by atoms with Gasteiger partial charge >= 0.3 is 6.18 Å². The average Bonchev–Trinajstić information content (AvgIpc) is 2.64. The van der Waals surface area contributed by atoms with Crippen LogP contribution < -0.4 is 5.73 Å². The number of thiophene rings is 1. The number of fused-ring (bicyclic) bond motifs is 1. The Hall–Kier alpha value is -1.08. The Balaban J connectivity index is 2.53. The molecular weight excluding hydrogens is 251 g/mol. The summed E-state index contributed by atoms with van der Waals surface area (Å²) in [6.07, 6.45) is -3.83. The minimum Gasteiger partial charge on any atom is -0.328 e. The molecule has 0 aliphatic carbocycles. The van der Waals surface area contributed by atoms with Crippen molar-refractivity contribution in [3.8, 4) is 0 Å². The highest BCUT2D eigenvalue weighted by atomic mass is 32.1. The molecule has 0 bridgehead atoms. The summed E-state index contributed by atoms with van der Waals surface area (Å²) in [7, 11) is 1.52. The molecule has 94 valence electrons. The molecule has 0 spiro atoms. The summed E-state index contributed by atoms with van der Waals surface area (Å²) in [5.41, 5.74) is 4.82. The zero-order valence-corrected chi connectivity index (χ0v) is 10.2. The van der Waals surface area contributed by atoms with Crippen LogP contribution in [0.4, 0.5) is 13.2 Å². The van der Waals surface area contributed by atoms with Crippen molar-refractivity contribution in [3.05, 3.63) is 16.6 Å². The summed E-state index contributed by atoms with van der Waals surface area (Å²) in [4.78, 5) is 1.39. The summed E-state index contributed by atoms with van der Waals surface area (Å²) in [5.74, 6) is 0. The van der Waals surface area contributed by atoms with Gasteiger partial charge in [0.1, 0.15) is 4.83 Å². The highest BCUT2D eigenvalue weighted by molar-refractivity contribution is 7.18. The lowest BCUT2D eigenvalue weighted by Crippen LogP contribution is -2.16. The van der Waals surface area contributed by atoms with Gasteiger partial charge in [0.05, 0.1) is 0 Å². The number of alkyl halides is 3. The van der Waals surface area contributed by atoms with Gasteiger partial charge in [-0.3, -0.25) is 4.68 Å². The third kappa shape index (κ3) is 2.30. The Morgan fingerprint density at radius 1 is 1.53 bits per heavy atom. The second kappa shape index (κ2) is 3.99. The lowest BCUT2D eigenvalue weighted by molar-refractivity contribution is -0.140. The van der Waals surface area contributed by atoms with Crippen LogP contribution in [0.15, 0.2) is 6.07 Å². The molecule has 1 unspecified atom stereocenters. The first kappa shape index (κ1) is 12.4. The van der Waals surface area contributed by atoms with Crippen LogP contribution in [0.5, 0.6) is 0 Å². The van der Waals surface area contributed by atoms with E-state index >= 15 is 0 Å². The van der Waals surface area contributed by atoms with E-state index in [0.29, 0.717) is 11.3 Å². The largest absolute Gasteiger partial charge is 0.435 e. The highest BCUT2D eigenvalue weighted by Crippen LogP contribution is 2.37. The van der Waals surface area contributed by atoms with E-state index in [1.165, 1.54) is 23.1 Å². The van der Waals surface area contributed by atoms with Crippen molar-refractivity contribution in [2.45, 2.75) is 25.6 Å². The molecule has 0 aliphatic heterocycles. The van der Waals surface area contributed by atoms with Gasteiger partial charge in [-0.05, 0) is 19.4 Å². The quantitative estimate of drug-likeness (QED) is 0.905. The van der Waals surface area contributed by atoms with Crippen LogP contribution in [0.2, 0.25) is 0 Å². The van der Waals surface area contributed by atoms with Crippen molar-refractivity contribution in [2.75, 3.05) is 0 Å². The van der Waals surface area contributed by atoms with Crippen LogP contribution in [0, 0.1) is 0 Å². The second-order valence-electron chi connectivity index (χ2n) is 4.08. The molecule has 2 rings (SSSR count). The number of nitrogens with two attached hydrogens (primary N) is 1. The van der Waals surface area contributed by atoms with Crippen LogP contribution in [-0.2, 0) is 19.6 Å². The molecule has 2 N–H and O–H groups in total. The Labute approximate surface area is 100 Å². The van der Waals surface area contributed by atoms with Crippen LogP contribution in [0.1, 0.15) is 17.5 Å². The maximum atomic E-state index is 12.7. The van der Waals surface area contributed by atoms with E-state index in [9.17, 15) is 13.2 Å². The molecule has 0 radical (unpaired) electrons. The number of aromatic nitrogens is 2. The summed E-state index contributed by atoms with van der Waals surface area (Å²) in [6.45, 7) is 1.83. The SMILES string of the molecule is CC(N)Cc1cc2c(C(F)(F)F)nn(C)c2s1. The van der Waals surface area contributed by atoms with Crippen molar-refractivity contribution in [2.24, 2.45) is 12.8 Å². The molecular formula is C10H12F3N3S. The average molecular weight is 263 g/mol. The molecule has 0 aliphatic rings. The first-order valence-corrected chi connectivity index (χ1v) is 5.89. The predicted molar refractivity (Wildman–Crippen MR) is 60.9 cm³/mol. The molecule has 3 nitrogen and oxygen atoms in total. The fraction of sp³-hybridized carbons (Fsp3) is 0.500. The monoisotopic (exact) mass is 263 g/mol. The molecule has 0 aromatic carbocycles. The van der Waals surface area contributed by atoms with Crippen molar-refractivity contribution >= 4 is 21.6 Å². The van der Waals surface area contributed by atoms with Crippen molar-refractivity contribution < 1.29 is 13.2 Å². The van der Waals surface area contributed by atoms with Gasteiger partial charge in [0.15, 0.2) is 5.69 Å². The standard InChI is InChI=1S/C10H12F3N3S/c1-5(14)3-6-4-7-8(10(11,12)13)15-16(2)9(7)17-6/h4-5H,3,14H2,1-2H3. The van der Waals surface area contributed by atoms with Gasteiger partial charge < -0.3 is 5.73 Å². The third-order valence-corrected chi connectivity index (χ3v) is 3.58. The fourth-order valence-electron chi connectivity index (χ4n) is 1.72. The lowest BCUT2D eigenvalue weighted by Gasteiger charge is -2.02. The molecule has 0 saturated carbocycles. The first-order chi connectivity index (χ1) is 7.79. The number of hydrogen-bond acceptors (Lipinski definition) is 3. The number of aryl methyl sites for hydroxylation is 1. The summed E-state index contributed by atoms with van der Waals surface area (Å²) in [6, 6.07) is 1.48. The zero-order chi connectivity index (χ0) is 12.8. The minimum absolute atomic E-state index is 0.0645. The fourth-order valence-corrected chi connectivity index (χ4v) is 2.93. The van der Waals surface area contributed by atoms with Gasteiger partial charge in [-0.15, -0.1) is 11.3 Å². The van der Waals surface area contributed by atoms with E-state index in [4.69, 9.17) is 5.73 Å². The van der Waals surface area contributed by atoms with Crippen LogP contribution in [0.25, 0.3) is 10.2 Å². The van der Waals surface area contributed by atoms with Gasteiger partial charge in [-0.1, -0.05) is 0 Å². The second-order valence-corrected chi connectivity index (χ2v) is 5.20. The Kier molecular flexibility index (Phi) is 2.90. The smallest absolute Gasteiger partial charge is 0.328 e. The molecule has 17 heavy (non-hydrogen) atoms. The van der Waals surface area contributed by atoms with E-state index in [0.717, 1.165) is 4.88 Å². The van der Waals surface area contributed by atoms with Gasteiger partial charge in [0.2, 0.25) is 0 Å². The third-order valence-electron chi connectivity index (χ3n) is 2.35. The number of rotatable bonds is 2. The van der Waals surface area contributed by atoms with Crippen LogP contribution in [0.3, 0.4) is 0 Å². The zero-order valence-electron chi connectivity index (χ0n) is 9.38. The number of hydrogen-bond donors (Lipinski definition) is 1. The molecule has 2 aromatic rings. The van der Waals surface area contributed by atoms with E-state index in [1.54, 1.807) is 6.07 Å². The maximum Gasteiger partial charge on any atom is 0.435 e. The van der Waals surface area contributed by atoms with Gasteiger partial charge in [0.25, 0.3) is 0 Å². The Bertz CT molecular complexity index is 539. The minimum atomic E-state index is -4.41. The van der Waals surface area contributed by atoms with Crippen LogP contribution in [-0.4, -0.2) is 15.8 Å². The molecule has 7 heteroatoms. The van der Waals surface area contributed by atoms with Crippen LogP contribution >= 0.6 is 11.3 Å². The Morgan fingerprint density at radius 2 is 2.18 bits per heavy atom. The first-order valence-electron chi connectivity index (χ1n) is 5.07. The number of halogens is 3. The maximum absolute atomic E-state index is 12.7. The van der Waals surface area contributed by atoms with Crippen molar-refractivity contribution in [3.63, 3.8) is 0 Å². The molecule has 2 heterocycles. The molecule has 0 fully saturated rings. The molecule has 2 aromatic heterocycles. The topological polar surface area (TPSA) is 43.8 Å². The predicted octanol–water partition coefficient (Wildman–Crippen LogP) is 2.54. The van der Waals surface area contributed by atoms with E-state index < -0.39 is 11.9 Å². The molecule has 1 atom stereocenters. The normalized spacial score (nSPS) is 14.5. The van der Waals surface area contributed by atoms with Gasteiger partial charge in [0, 0.05) is 23.4 Å². The van der Waals surface area contributed by atoms with Crippen molar-refractivity contribution in [1.29, 1.82) is 0 Å². The van der Waals surface area contributed by atoms with Crippen molar-refractivity contribution in [1.82, 2.24) is 9.78 Å². The van der Waals surface area contributed by atoms with E-state index in [1.807, 2.05) is 6.92 Å². The van der Waals surface area contributed by atoms with E-state index in [2.05, 4.69) is 5.10 Å². The molecule has 0 amide bonds. The number of nitrogens with zero attached hydrogens (tertiary/aromatic N) is 2. The molecule has 0 saturated heterocycles. The van der Waals surface area contributed by atoms with E-state index in [-0.39, 0.29) is 11.4 Å².